The van der Waals surface area contributed by atoms with Crippen molar-refractivity contribution < 1.29 is 19.1 Å². The number of carbonyl (C=O) groups is 3. The molecule has 0 aliphatic heterocycles. The smallest absolute Gasteiger partial charge is 0.338 e. The van der Waals surface area contributed by atoms with Gasteiger partial charge in [-0.2, -0.15) is 0 Å². The number of halogens is 1. The van der Waals surface area contributed by atoms with Crippen LogP contribution in [0.2, 0.25) is 0 Å². The summed E-state index contributed by atoms with van der Waals surface area (Å²) in [6.07, 6.45) is -1.09. The van der Waals surface area contributed by atoms with Crippen LogP contribution in [0.5, 0.6) is 0 Å². The van der Waals surface area contributed by atoms with Crippen molar-refractivity contribution in [3.63, 3.8) is 0 Å². The number of rotatable bonds is 3. The summed E-state index contributed by atoms with van der Waals surface area (Å²) < 4.78 is 5.85. The van der Waals surface area contributed by atoms with Gasteiger partial charge in [0.1, 0.15) is 0 Å². The van der Waals surface area contributed by atoms with Crippen LogP contribution in [0, 0.1) is 3.57 Å². The SMILES string of the molecule is C[C@@H](OC(=O)c1ccc(I)cc1)C(=O)NC(N)=O. The normalized spacial score (nSPS) is 11.4. The highest BCUT2D eigenvalue weighted by atomic mass is 127. The number of ether oxygens (including phenoxy) is 1. The number of hydrogen-bond acceptors (Lipinski definition) is 4. The number of imide groups is 1. The Bertz CT molecular complexity index is 472. The molecule has 6 nitrogen and oxygen atoms in total. The van der Waals surface area contributed by atoms with E-state index in [1.54, 1.807) is 24.3 Å². The standard InChI is InChI=1S/C11H11IN2O4/c1-6(9(15)14-11(13)17)18-10(16)7-2-4-8(12)5-3-7/h2-6H,1H3,(H3,13,14,15,17)/t6-/m1/s1. The summed E-state index contributed by atoms with van der Waals surface area (Å²) in [7, 11) is 0. The van der Waals surface area contributed by atoms with Crippen LogP contribution in [0.15, 0.2) is 24.3 Å². The second-order valence-electron chi connectivity index (χ2n) is 3.41. The van der Waals surface area contributed by atoms with Gasteiger partial charge in [0.15, 0.2) is 6.10 Å². The fourth-order valence-electron chi connectivity index (χ4n) is 1.09. The van der Waals surface area contributed by atoms with Gasteiger partial charge in [0.25, 0.3) is 5.91 Å². The van der Waals surface area contributed by atoms with E-state index in [-0.39, 0.29) is 0 Å². The van der Waals surface area contributed by atoms with Crippen molar-refractivity contribution in [3.05, 3.63) is 33.4 Å². The number of nitrogens with two attached hydrogens (primary N) is 1. The van der Waals surface area contributed by atoms with E-state index in [0.717, 1.165) is 3.57 Å². The molecule has 0 radical (unpaired) electrons. The predicted molar refractivity (Wildman–Crippen MR) is 71.8 cm³/mol. The lowest BCUT2D eigenvalue weighted by Crippen LogP contribution is -2.42. The van der Waals surface area contributed by atoms with Crippen molar-refractivity contribution in [2.75, 3.05) is 0 Å². The topological polar surface area (TPSA) is 98.5 Å². The minimum atomic E-state index is -1.09. The molecule has 1 rings (SSSR count). The van der Waals surface area contributed by atoms with Crippen molar-refractivity contribution in [1.29, 1.82) is 0 Å². The third-order valence-corrected chi connectivity index (χ3v) is 2.70. The molecule has 96 valence electrons. The first-order chi connectivity index (χ1) is 8.40. The van der Waals surface area contributed by atoms with E-state index in [9.17, 15) is 14.4 Å². The molecule has 0 saturated carbocycles. The van der Waals surface area contributed by atoms with Crippen LogP contribution < -0.4 is 11.1 Å². The molecule has 0 saturated heterocycles. The average molecular weight is 362 g/mol. The minimum absolute atomic E-state index is 0.328. The number of hydrogen-bond donors (Lipinski definition) is 2. The number of urea groups is 1. The first-order valence-corrected chi connectivity index (χ1v) is 6.05. The van der Waals surface area contributed by atoms with Gasteiger partial charge >= 0.3 is 12.0 Å². The molecule has 3 amide bonds. The van der Waals surface area contributed by atoms with E-state index < -0.39 is 24.0 Å². The van der Waals surface area contributed by atoms with Crippen molar-refractivity contribution in [1.82, 2.24) is 5.32 Å². The molecular weight excluding hydrogens is 351 g/mol. The summed E-state index contributed by atoms with van der Waals surface area (Å²) in [6.45, 7) is 1.35. The Morgan fingerprint density at radius 2 is 1.83 bits per heavy atom. The maximum Gasteiger partial charge on any atom is 0.338 e. The second kappa shape index (κ2) is 6.34. The number of nitrogens with one attached hydrogen (secondary N) is 1. The Balaban J connectivity index is 2.62. The Labute approximate surface area is 117 Å². The van der Waals surface area contributed by atoms with Crippen LogP contribution in [0.25, 0.3) is 0 Å². The van der Waals surface area contributed by atoms with Gasteiger partial charge in [0.05, 0.1) is 5.56 Å². The summed E-state index contributed by atoms with van der Waals surface area (Å²) >= 11 is 2.10. The highest BCUT2D eigenvalue weighted by molar-refractivity contribution is 14.1. The van der Waals surface area contributed by atoms with E-state index in [0.29, 0.717) is 5.56 Å². The van der Waals surface area contributed by atoms with Crippen molar-refractivity contribution in [2.24, 2.45) is 5.73 Å². The van der Waals surface area contributed by atoms with Gasteiger partial charge in [-0.15, -0.1) is 0 Å². The fourth-order valence-corrected chi connectivity index (χ4v) is 1.45. The maximum absolute atomic E-state index is 11.6. The molecule has 0 heterocycles. The van der Waals surface area contributed by atoms with Gasteiger partial charge < -0.3 is 10.5 Å². The first kappa shape index (κ1) is 14.4. The van der Waals surface area contributed by atoms with E-state index in [4.69, 9.17) is 10.5 Å². The van der Waals surface area contributed by atoms with Crippen LogP contribution in [-0.2, 0) is 9.53 Å². The summed E-state index contributed by atoms with van der Waals surface area (Å²) in [4.78, 5) is 33.4. The summed E-state index contributed by atoms with van der Waals surface area (Å²) in [5.41, 5.74) is 5.11. The third-order valence-electron chi connectivity index (χ3n) is 1.98. The molecule has 3 N–H and O–H groups in total. The van der Waals surface area contributed by atoms with E-state index in [1.807, 2.05) is 5.32 Å². The van der Waals surface area contributed by atoms with Gasteiger partial charge in [-0.05, 0) is 53.8 Å². The molecule has 0 aromatic heterocycles. The number of amides is 3. The van der Waals surface area contributed by atoms with E-state index in [2.05, 4.69) is 22.6 Å². The summed E-state index contributed by atoms with van der Waals surface area (Å²) in [6, 6.07) is 5.67. The van der Waals surface area contributed by atoms with Crippen LogP contribution in [-0.4, -0.2) is 24.0 Å². The lowest BCUT2D eigenvalue weighted by molar-refractivity contribution is -0.127. The molecular formula is C11H11IN2O4. The molecule has 1 aromatic carbocycles. The van der Waals surface area contributed by atoms with E-state index >= 15 is 0 Å². The van der Waals surface area contributed by atoms with E-state index in [1.165, 1.54) is 6.92 Å². The van der Waals surface area contributed by atoms with Gasteiger partial charge in [-0.1, -0.05) is 0 Å². The molecule has 0 aliphatic carbocycles. The lowest BCUT2D eigenvalue weighted by Gasteiger charge is -2.11. The van der Waals surface area contributed by atoms with Gasteiger partial charge in [0, 0.05) is 3.57 Å². The summed E-state index contributed by atoms with van der Waals surface area (Å²) in [5.74, 6) is -1.40. The maximum atomic E-state index is 11.6. The third kappa shape index (κ3) is 4.32. The second-order valence-corrected chi connectivity index (χ2v) is 4.65. The quantitative estimate of drug-likeness (QED) is 0.620. The van der Waals surface area contributed by atoms with Crippen molar-refractivity contribution >= 4 is 40.5 Å². The molecule has 1 aromatic rings. The highest BCUT2D eigenvalue weighted by Crippen LogP contribution is 2.09. The summed E-state index contributed by atoms with van der Waals surface area (Å²) in [5, 5.41) is 1.83. The number of primary amides is 1. The van der Waals surface area contributed by atoms with Crippen LogP contribution in [0.4, 0.5) is 4.79 Å². The Kier molecular flexibility index (Phi) is 5.08. The Morgan fingerprint density at radius 1 is 1.28 bits per heavy atom. The van der Waals surface area contributed by atoms with Gasteiger partial charge in [0.2, 0.25) is 0 Å². The fraction of sp³-hybridized carbons (Fsp3) is 0.182. The molecule has 1 atom stereocenters. The number of carbonyl (C=O) groups excluding carboxylic acids is 3. The zero-order valence-electron chi connectivity index (χ0n) is 9.48. The number of benzene rings is 1. The highest BCUT2D eigenvalue weighted by Gasteiger charge is 2.19. The zero-order chi connectivity index (χ0) is 13.7. The monoisotopic (exact) mass is 362 g/mol. The molecule has 18 heavy (non-hydrogen) atoms. The molecule has 0 spiro atoms. The van der Waals surface area contributed by atoms with Crippen molar-refractivity contribution in [3.8, 4) is 0 Å². The zero-order valence-corrected chi connectivity index (χ0v) is 11.6. The predicted octanol–water partition coefficient (Wildman–Crippen LogP) is 1.03. The molecule has 0 aliphatic rings. The molecule has 7 heteroatoms. The lowest BCUT2D eigenvalue weighted by atomic mass is 10.2. The Hall–Kier alpha value is -1.64. The van der Waals surface area contributed by atoms with Crippen LogP contribution in [0.3, 0.4) is 0 Å². The van der Waals surface area contributed by atoms with Crippen LogP contribution in [0.1, 0.15) is 17.3 Å². The van der Waals surface area contributed by atoms with Gasteiger partial charge in [-0.3, -0.25) is 10.1 Å². The van der Waals surface area contributed by atoms with Gasteiger partial charge in [-0.25, -0.2) is 9.59 Å². The largest absolute Gasteiger partial charge is 0.449 e. The number of esters is 1. The Morgan fingerprint density at radius 3 is 2.33 bits per heavy atom. The molecule has 0 bridgehead atoms. The average Bonchev–Trinajstić information content (AvgIpc) is 2.28. The molecule has 0 fully saturated rings. The molecule has 0 unspecified atom stereocenters. The van der Waals surface area contributed by atoms with Crippen molar-refractivity contribution in [2.45, 2.75) is 13.0 Å². The van der Waals surface area contributed by atoms with Crippen LogP contribution >= 0.6 is 22.6 Å². The first-order valence-electron chi connectivity index (χ1n) is 4.97. The minimum Gasteiger partial charge on any atom is -0.449 e.